The Balaban J connectivity index is 1.25. The van der Waals surface area contributed by atoms with Crippen molar-refractivity contribution >= 4 is 40.3 Å². The van der Waals surface area contributed by atoms with E-state index in [-0.39, 0.29) is 11.3 Å². The van der Waals surface area contributed by atoms with Crippen LogP contribution < -0.4 is 14.8 Å². The Labute approximate surface area is 196 Å². The Morgan fingerprint density at radius 2 is 1.81 bits per heavy atom. The van der Waals surface area contributed by atoms with Crippen molar-refractivity contribution in [3.05, 3.63) is 52.4 Å². The molecule has 1 N–H and O–H groups in total. The highest BCUT2D eigenvalue weighted by Gasteiger charge is 2.57. The molecule has 8 rings (SSSR count). The number of amides is 1. The quantitative estimate of drug-likeness (QED) is 0.473. The third-order valence-corrected chi connectivity index (χ3v) is 9.31. The van der Waals surface area contributed by atoms with Crippen LogP contribution in [-0.4, -0.2) is 17.0 Å². The van der Waals surface area contributed by atoms with E-state index >= 15 is 0 Å². The standard InChI is InChI=1S/C26H23NO3S2/c28-24-22(32-25(31)27-24)7-14-1-3-16(4-2-14)17-8-20(23-21(9-17)29-13-30-23)26-10-15-5-18(11-26)19(6-15)12-26/h1-4,7-9,15,18-19H,5-6,10-13H2,(H,27,28,31)/b22-7-. The molecule has 2 aromatic rings. The molecule has 0 aromatic heterocycles. The van der Waals surface area contributed by atoms with Gasteiger partial charge < -0.3 is 14.8 Å². The maximum absolute atomic E-state index is 11.9. The normalized spacial score (nSPS) is 32.9. The zero-order valence-electron chi connectivity index (χ0n) is 17.6. The van der Waals surface area contributed by atoms with Gasteiger partial charge in [-0.3, -0.25) is 4.79 Å². The number of hydrogen-bond donors (Lipinski definition) is 1. The van der Waals surface area contributed by atoms with Crippen LogP contribution in [0.5, 0.6) is 11.5 Å². The average molecular weight is 462 g/mol. The van der Waals surface area contributed by atoms with Crippen molar-refractivity contribution in [1.29, 1.82) is 0 Å². The third kappa shape index (κ3) is 2.88. The Kier molecular flexibility index (Phi) is 4.10. The molecule has 2 heterocycles. The summed E-state index contributed by atoms with van der Waals surface area (Å²) in [5, 5.41) is 2.67. The fourth-order valence-corrected chi connectivity index (χ4v) is 8.10. The molecule has 2 aliphatic heterocycles. The molecule has 1 amide bonds. The molecule has 162 valence electrons. The van der Waals surface area contributed by atoms with Crippen LogP contribution in [0.25, 0.3) is 17.2 Å². The zero-order chi connectivity index (χ0) is 21.4. The molecule has 5 fully saturated rings. The van der Waals surface area contributed by atoms with E-state index in [4.69, 9.17) is 21.7 Å². The summed E-state index contributed by atoms with van der Waals surface area (Å²) in [5.41, 5.74) is 4.95. The highest BCUT2D eigenvalue weighted by atomic mass is 32.2. The van der Waals surface area contributed by atoms with E-state index in [1.807, 2.05) is 6.08 Å². The number of ether oxygens (including phenoxy) is 2. The van der Waals surface area contributed by atoms with Gasteiger partial charge in [0.1, 0.15) is 4.32 Å². The van der Waals surface area contributed by atoms with Crippen molar-refractivity contribution < 1.29 is 14.3 Å². The Morgan fingerprint density at radius 1 is 1.03 bits per heavy atom. The highest BCUT2D eigenvalue weighted by molar-refractivity contribution is 8.26. The monoisotopic (exact) mass is 461 g/mol. The van der Waals surface area contributed by atoms with Gasteiger partial charge in [0.2, 0.25) is 6.79 Å². The molecule has 4 nitrogen and oxygen atoms in total. The predicted octanol–water partition coefficient (Wildman–Crippen LogP) is 5.65. The molecule has 4 aliphatic carbocycles. The summed E-state index contributed by atoms with van der Waals surface area (Å²) in [6, 6.07) is 12.8. The molecule has 1 saturated heterocycles. The molecule has 6 aliphatic rings. The van der Waals surface area contributed by atoms with Crippen LogP contribution in [-0.2, 0) is 10.2 Å². The maximum Gasteiger partial charge on any atom is 0.263 e. The van der Waals surface area contributed by atoms with E-state index in [1.54, 1.807) is 0 Å². The van der Waals surface area contributed by atoms with E-state index in [1.165, 1.54) is 55.0 Å². The maximum atomic E-state index is 11.9. The second-order valence-electron chi connectivity index (χ2n) is 9.98. The van der Waals surface area contributed by atoms with E-state index in [0.717, 1.165) is 40.4 Å². The number of benzene rings is 2. The van der Waals surface area contributed by atoms with Gasteiger partial charge in [-0.1, -0.05) is 48.2 Å². The summed E-state index contributed by atoms with van der Waals surface area (Å²) in [7, 11) is 0. The number of thiocarbonyl (C=S) groups is 1. The van der Waals surface area contributed by atoms with Crippen LogP contribution in [0.4, 0.5) is 0 Å². The van der Waals surface area contributed by atoms with Gasteiger partial charge in [-0.2, -0.15) is 0 Å². The lowest BCUT2D eigenvalue weighted by molar-refractivity contribution is -0.115. The van der Waals surface area contributed by atoms with E-state index in [0.29, 0.717) is 16.0 Å². The number of carbonyl (C=O) groups excluding carboxylic acids is 1. The topological polar surface area (TPSA) is 47.6 Å². The van der Waals surface area contributed by atoms with Gasteiger partial charge in [0, 0.05) is 5.56 Å². The zero-order valence-corrected chi connectivity index (χ0v) is 19.2. The smallest absolute Gasteiger partial charge is 0.263 e. The van der Waals surface area contributed by atoms with Crippen molar-refractivity contribution in [3.63, 3.8) is 0 Å². The summed E-state index contributed by atoms with van der Waals surface area (Å²) >= 11 is 6.39. The van der Waals surface area contributed by atoms with Crippen LogP contribution in [0.2, 0.25) is 0 Å². The summed E-state index contributed by atoms with van der Waals surface area (Å²) < 4.78 is 12.4. The first kappa shape index (κ1) is 19.2. The van der Waals surface area contributed by atoms with Crippen molar-refractivity contribution in [3.8, 4) is 22.6 Å². The van der Waals surface area contributed by atoms with E-state index < -0.39 is 0 Å². The number of thioether (sulfide) groups is 1. The minimum Gasteiger partial charge on any atom is -0.454 e. The van der Waals surface area contributed by atoms with E-state index in [2.05, 4.69) is 41.7 Å². The lowest BCUT2D eigenvalue weighted by atomic mass is 9.65. The summed E-state index contributed by atoms with van der Waals surface area (Å²) in [6.45, 7) is 0.312. The molecular weight excluding hydrogens is 438 g/mol. The molecule has 2 unspecified atom stereocenters. The van der Waals surface area contributed by atoms with Crippen LogP contribution in [0.15, 0.2) is 41.3 Å². The summed E-state index contributed by atoms with van der Waals surface area (Å²) in [6.07, 6.45) is 8.67. The molecule has 4 bridgehead atoms. The van der Waals surface area contributed by atoms with Gasteiger partial charge in [0.05, 0.1) is 4.91 Å². The molecule has 32 heavy (non-hydrogen) atoms. The molecule has 6 heteroatoms. The Bertz CT molecular complexity index is 1180. The van der Waals surface area contributed by atoms with Crippen LogP contribution in [0, 0.1) is 17.8 Å². The molecule has 0 radical (unpaired) electrons. The van der Waals surface area contributed by atoms with Crippen molar-refractivity contribution in [2.75, 3.05) is 6.79 Å². The minimum absolute atomic E-state index is 0.121. The van der Waals surface area contributed by atoms with Gasteiger partial charge in [-0.05, 0) is 90.2 Å². The molecule has 2 aromatic carbocycles. The SMILES string of the molecule is O=C1NC(=S)S/C1=C\c1ccc(-c2cc3c(c(C45CC6CC(C4)C(C6)C5)c2)OCO3)cc1. The second-order valence-corrected chi connectivity index (χ2v) is 11.7. The first-order valence-corrected chi connectivity index (χ1v) is 12.6. The molecule has 4 saturated carbocycles. The van der Waals surface area contributed by atoms with Crippen LogP contribution in [0.1, 0.15) is 43.2 Å². The lowest BCUT2D eigenvalue weighted by Gasteiger charge is -2.39. The predicted molar refractivity (Wildman–Crippen MR) is 130 cm³/mol. The van der Waals surface area contributed by atoms with Gasteiger partial charge in [0.25, 0.3) is 5.91 Å². The van der Waals surface area contributed by atoms with Gasteiger partial charge in [0.15, 0.2) is 11.5 Å². The largest absolute Gasteiger partial charge is 0.454 e. The van der Waals surface area contributed by atoms with Crippen LogP contribution >= 0.6 is 24.0 Å². The number of hydrogen-bond acceptors (Lipinski definition) is 5. The Morgan fingerprint density at radius 3 is 2.50 bits per heavy atom. The highest BCUT2D eigenvalue weighted by Crippen LogP contribution is 2.66. The summed E-state index contributed by atoms with van der Waals surface area (Å²) in [4.78, 5) is 12.6. The van der Waals surface area contributed by atoms with E-state index in [9.17, 15) is 4.79 Å². The minimum atomic E-state index is -0.121. The fraction of sp³-hybridized carbons (Fsp3) is 0.385. The molecule has 2 atom stereocenters. The van der Waals surface area contributed by atoms with Gasteiger partial charge in [-0.15, -0.1) is 0 Å². The molecular formula is C26H23NO3S2. The van der Waals surface area contributed by atoms with Gasteiger partial charge >= 0.3 is 0 Å². The number of carbonyl (C=O) groups is 1. The first-order chi connectivity index (χ1) is 15.6. The van der Waals surface area contributed by atoms with Crippen molar-refractivity contribution in [2.45, 2.75) is 37.5 Å². The number of fused-ring (bicyclic) bond motifs is 1. The third-order valence-electron chi connectivity index (χ3n) is 8.15. The number of rotatable bonds is 3. The Hall–Kier alpha value is -2.31. The van der Waals surface area contributed by atoms with Crippen molar-refractivity contribution in [2.24, 2.45) is 17.8 Å². The first-order valence-electron chi connectivity index (χ1n) is 11.4. The van der Waals surface area contributed by atoms with Crippen LogP contribution in [0.3, 0.4) is 0 Å². The lowest BCUT2D eigenvalue weighted by Crippen LogP contribution is -2.31. The number of nitrogens with one attached hydrogen (secondary N) is 1. The second kappa shape index (κ2) is 6.84. The van der Waals surface area contributed by atoms with Gasteiger partial charge in [-0.25, -0.2) is 0 Å². The summed E-state index contributed by atoms with van der Waals surface area (Å²) in [5.74, 6) is 4.44. The fourth-order valence-electron chi connectivity index (χ4n) is 7.06. The average Bonchev–Trinajstić information content (AvgIpc) is 3.50. The molecule has 0 spiro atoms. The van der Waals surface area contributed by atoms with Crippen molar-refractivity contribution in [1.82, 2.24) is 5.32 Å².